The van der Waals surface area contributed by atoms with E-state index in [0.717, 1.165) is 5.69 Å². The van der Waals surface area contributed by atoms with Crippen LogP contribution in [0.25, 0.3) is 0 Å². The molecule has 0 bridgehead atoms. The molecule has 0 spiro atoms. The lowest BCUT2D eigenvalue weighted by molar-refractivity contribution is 0.0992. The maximum absolute atomic E-state index is 13.7. The maximum Gasteiger partial charge on any atom is 0.167 e. The molecule has 0 fully saturated rings. The highest BCUT2D eigenvalue weighted by atomic mass is 35.5. The molecule has 0 amide bonds. The Bertz CT molecular complexity index is 620. The van der Waals surface area contributed by atoms with E-state index in [9.17, 15) is 9.18 Å². The molecule has 2 aromatic carbocycles. The van der Waals surface area contributed by atoms with Crippen molar-refractivity contribution in [3.8, 4) is 0 Å². The third kappa shape index (κ3) is 3.17. The standard InChI is InChI=1S/C16H15ClFNO/c1-19(2)12-6-3-5-11(9-12)16(20)10-13-14(17)7-4-8-15(13)18/h3-9H,10H2,1-2H3. The molecule has 104 valence electrons. The van der Waals surface area contributed by atoms with E-state index in [2.05, 4.69) is 0 Å². The quantitative estimate of drug-likeness (QED) is 0.795. The van der Waals surface area contributed by atoms with Gasteiger partial charge < -0.3 is 4.90 Å². The molecule has 2 nitrogen and oxygen atoms in total. The lowest BCUT2D eigenvalue weighted by Crippen LogP contribution is -2.11. The summed E-state index contributed by atoms with van der Waals surface area (Å²) in [6, 6.07) is 11.7. The summed E-state index contributed by atoms with van der Waals surface area (Å²) < 4.78 is 13.7. The van der Waals surface area contributed by atoms with Crippen LogP contribution in [0.2, 0.25) is 5.02 Å². The lowest BCUT2D eigenvalue weighted by atomic mass is 10.0. The Labute approximate surface area is 122 Å². The first kappa shape index (κ1) is 14.5. The predicted octanol–water partition coefficient (Wildman–Crippen LogP) is 3.97. The summed E-state index contributed by atoms with van der Waals surface area (Å²) in [7, 11) is 3.80. The minimum atomic E-state index is -0.449. The zero-order valence-corrected chi connectivity index (χ0v) is 12.1. The summed E-state index contributed by atoms with van der Waals surface area (Å²) >= 11 is 5.94. The fourth-order valence-corrected chi connectivity index (χ4v) is 2.15. The van der Waals surface area contributed by atoms with Crippen molar-refractivity contribution in [2.75, 3.05) is 19.0 Å². The molecule has 4 heteroatoms. The van der Waals surface area contributed by atoms with Gasteiger partial charge in [-0.1, -0.05) is 29.8 Å². The monoisotopic (exact) mass is 291 g/mol. The molecular formula is C16H15ClFNO. The van der Waals surface area contributed by atoms with E-state index >= 15 is 0 Å². The van der Waals surface area contributed by atoms with Crippen LogP contribution in [0.4, 0.5) is 10.1 Å². The fourth-order valence-electron chi connectivity index (χ4n) is 1.92. The van der Waals surface area contributed by atoms with Crippen LogP contribution in [0, 0.1) is 5.82 Å². The Hall–Kier alpha value is -1.87. The minimum Gasteiger partial charge on any atom is -0.378 e. The zero-order chi connectivity index (χ0) is 14.7. The predicted molar refractivity (Wildman–Crippen MR) is 80.2 cm³/mol. The molecule has 0 saturated carbocycles. The highest BCUT2D eigenvalue weighted by molar-refractivity contribution is 6.31. The number of benzene rings is 2. The van der Waals surface area contributed by atoms with Gasteiger partial charge in [0.05, 0.1) is 0 Å². The molecule has 0 saturated heterocycles. The second-order valence-electron chi connectivity index (χ2n) is 4.74. The van der Waals surface area contributed by atoms with Gasteiger partial charge >= 0.3 is 0 Å². The largest absolute Gasteiger partial charge is 0.378 e. The van der Waals surface area contributed by atoms with Gasteiger partial charge in [0.2, 0.25) is 0 Å². The highest BCUT2D eigenvalue weighted by Crippen LogP contribution is 2.22. The van der Waals surface area contributed by atoms with E-state index < -0.39 is 5.82 Å². The Morgan fingerprint density at radius 3 is 2.55 bits per heavy atom. The Balaban J connectivity index is 2.26. The molecule has 20 heavy (non-hydrogen) atoms. The molecule has 0 aliphatic rings. The van der Waals surface area contributed by atoms with Gasteiger partial charge in [-0.15, -0.1) is 0 Å². The number of rotatable bonds is 4. The van der Waals surface area contributed by atoms with Crippen LogP contribution in [-0.2, 0) is 6.42 Å². The first-order valence-corrected chi connectivity index (χ1v) is 6.60. The van der Waals surface area contributed by atoms with Crippen molar-refractivity contribution in [2.24, 2.45) is 0 Å². The first-order chi connectivity index (χ1) is 9.49. The number of halogens is 2. The third-order valence-corrected chi connectivity index (χ3v) is 3.44. The van der Waals surface area contributed by atoms with E-state index in [1.165, 1.54) is 12.1 Å². The minimum absolute atomic E-state index is 0.0393. The van der Waals surface area contributed by atoms with Crippen molar-refractivity contribution in [3.63, 3.8) is 0 Å². The molecule has 0 radical (unpaired) electrons. The van der Waals surface area contributed by atoms with Crippen molar-refractivity contribution in [2.45, 2.75) is 6.42 Å². The Morgan fingerprint density at radius 2 is 1.90 bits per heavy atom. The van der Waals surface area contributed by atoms with Gasteiger partial charge in [0.1, 0.15) is 5.82 Å². The van der Waals surface area contributed by atoms with Gasteiger partial charge in [-0.05, 0) is 24.3 Å². The van der Waals surface area contributed by atoms with E-state index in [-0.39, 0.29) is 22.8 Å². The third-order valence-electron chi connectivity index (χ3n) is 3.08. The van der Waals surface area contributed by atoms with Crippen molar-refractivity contribution < 1.29 is 9.18 Å². The number of nitrogens with zero attached hydrogens (tertiary/aromatic N) is 1. The molecule has 0 N–H and O–H groups in total. The molecule has 0 aliphatic heterocycles. The second kappa shape index (κ2) is 6.06. The van der Waals surface area contributed by atoms with Crippen LogP contribution >= 0.6 is 11.6 Å². The highest BCUT2D eigenvalue weighted by Gasteiger charge is 2.14. The van der Waals surface area contributed by atoms with Gasteiger partial charge in [0.25, 0.3) is 0 Å². The molecule has 2 rings (SSSR count). The van der Waals surface area contributed by atoms with Crippen LogP contribution in [0.5, 0.6) is 0 Å². The topological polar surface area (TPSA) is 20.3 Å². The van der Waals surface area contributed by atoms with Gasteiger partial charge in [-0.25, -0.2) is 4.39 Å². The zero-order valence-electron chi connectivity index (χ0n) is 11.4. The summed E-state index contributed by atoms with van der Waals surface area (Å²) in [5.74, 6) is -0.602. The van der Waals surface area contributed by atoms with Crippen LogP contribution in [-0.4, -0.2) is 19.9 Å². The van der Waals surface area contributed by atoms with E-state index in [1.807, 2.05) is 31.1 Å². The van der Waals surface area contributed by atoms with Gasteiger partial charge in [-0.3, -0.25) is 4.79 Å². The summed E-state index contributed by atoms with van der Waals surface area (Å²) in [6.07, 6.45) is -0.0393. The average molecular weight is 292 g/mol. The van der Waals surface area contributed by atoms with Crippen molar-refractivity contribution in [1.82, 2.24) is 0 Å². The molecule has 0 atom stereocenters. The summed E-state index contributed by atoms with van der Waals surface area (Å²) in [4.78, 5) is 14.2. The van der Waals surface area contributed by atoms with E-state index in [1.54, 1.807) is 18.2 Å². The smallest absolute Gasteiger partial charge is 0.167 e. The average Bonchev–Trinajstić information content (AvgIpc) is 2.43. The number of hydrogen-bond acceptors (Lipinski definition) is 2. The summed E-state index contributed by atoms with van der Waals surface area (Å²) in [5, 5.41) is 0.280. The summed E-state index contributed by atoms with van der Waals surface area (Å²) in [6.45, 7) is 0. The molecule has 0 aliphatic carbocycles. The van der Waals surface area contributed by atoms with Crippen LogP contribution < -0.4 is 4.90 Å². The molecule has 0 aromatic heterocycles. The molecular weight excluding hydrogens is 277 g/mol. The fraction of sp³-hybridized carbons (Fsp3) is 0.188. The number of ketones is 1. The molecule has 2 aromatic rings. The van der Waals surface area contributed by atoms with Crippen molar-refractivity contribution in [1.29, 1.82) is 0 Å². The van der Waals surface area contributed by atoms with Crippen LogP contribution in [0.15, 0.2) is 42.5 Å². The first-order valence-electron chi connectivity index (χ1n) is 6.22. The number of Topliss-reactive ketones (excluding diaryl/α,β-unsaturated/α-hetero) is 1. The van der Waals surface area contributed by atoms with E-state index in [4.69, 9.17) is 11.6 Å². The normalized spacial score (nSPS) is 10.4. The van der Waals surface area contributed by atoms with Gasteiger partial charge in [0, 0.05) is 42.4 Å². The maximum atomic E-state index is 13.7. The Morgan fingerprint density at radius 1 is 1.20 bits per heavy atom. The number of anilines is 1. The Kier molecular flexibility index (Phi) is 4.40. The van der Waals surface area contributed by atoms with Crippen LogP contribution in [0.1, 0.15) is 15.9 Å². The molecule has 0 unspecified atom stereocenters. The van der Waals surface area contributed by atoms with Crippen LogP contribution in [0.3, 0.4) is 0 Å². The summed E-state index contributed by atoms with van der Waals surface area (Å²) in [5.41, 5.74) is 1.72. The van der Waals surface area contributed by atoms with Gasteiger partial charge in [-0.2, -0.15) is 0 Å². The SMILES string of the molecule is CN(C)c1cccc(C(=O)Cc2c(F)cccc2Cl)c1. The second-order valence-corrected chi connectivity index (χ2v) is 5.15. The van der Waals surface area contributed by atoms with Crippen molar-refractivity contribution >= 4 is 23.1 Å². The number of hydrogen-bond donors (Lipinski definition) is 0. The lowest BCUT2D eigenvalue weighted by Gasteiger charge is -2.13. The van der Waals surface area contributed by atoms with E-state index in [0.29, 0.717) is 5.56 Å². The number of carbonyl (C=O) groups excluding carboxylic acids is 1. The van der Waals surface area contributed by atoms with Crippen molar-refractivity contribution in [3.05, 3.63) is 64.4 Å². The molecule has 0 heterocycles. The van der Waals surface area contributed by atoms with Gasteiger partial charge in [0.15, 0.2) is 5.78 Å². The number of carbonyl (C=O) groups is 1.